The molecule has 1 aliphatic rings. The molecule has 2 N–H and O–H groups in total. The van der Waals surface area contributed by atoms with Crippen LogP contribution in [-0.2, 0) is 4.79 Å². The molecule has 1 amide bonds. The Kier molecular flexibility index (Phi) is 5.90. The molecule has 1 saturated carbocycles. The molecule has 1 aromatic carbocycles. The number of halogens is 2. The zero-order valence-corrected chi connectivity index (χ0v) is 14.2. The zero-order chi connectivity index (χ0) is 15.4. The predicted molar refractivity (Wildman–Crippen MR) is 85.6 cm³/mol. The van der Waals surface area contributed by atoms with Crippen molar-refractivity contribution in [1.29, 1.82) is 0 Å². The third kappa shape index (κ3) is 4.59. The van der Waals surface area contributed by atoms with Gasteiger partial charge in [-0.15, -0.1) is 0 Å². The monoisotopic (exact) mass is 375 g/mol. The topological polar surface area (TPSA) is 58.6 Å². The van der Waals surface area contributed by atoms with Gasteiger partial charge in [0.1, 0.15) is 5.75 Å². The second-order valence-electron chi connectivity index (χ2n) is 5.30. The molecule has 1 aliphatic carbocycles. The molecule has 0 aromatic heterocycles. The van der Waals surface area contributed by atoms with Crippen LogP contribution in [0.5, 0.6) is 5.75 Å². The first-order chi connectivity index (χ1) is 9.97. The van der Waals surface area contributed by atoms with Crippen LogP contribution in [0.3, 0.4) is 0 Å². The van der Waals surface area contributed by atoms with Crippen LogP contribution in [0.1, 0.15) is 32.6 Å². The van der Waals surface area contributed by atoms with Gasteiger partial charge in [-0.3, -0.25) is 4.79 Å². The van der Waals surface area contributed by atoms with E-state index in [9.17, 15) is 9.90 Å². The molecule has 3 atom stereocenters. The number of carbonyl (C=O) groups excluding carboxylic acids is 1. The minimum Gasteiger partial charge on any atom is -0.480 e. The smallest absolute Gasteiger partial charge is 0.261 e. The summed E-state index contributed by atoms with van der Waals surface area (Å²) in [6.45, 7) is 1.69. The molecule has 2 rings (SSSR count). The maximum atomic E-state index is 12.2. The molecule has 6 heteroatoms. The maximum absolute atomic E-state index is 12.2. The van der Waals surface area contributed by atoms with Gasteiger partial charge in [-0.2, -0.15) is 0 Å². The molecule has 0 heterocycles. The summed E-state index contributed by atoms with van der Waals surface area (Å²) >= 11 is 9.22. The highest BCUT2D eigenvalue weighted by molar-refractivity contribution is 9.10. The van der Waals surface area contributed by atoms with Crippen molar-refractivity contribution in [3.63, 3.8) is 0 Å². The fourth-order valence-electron chi connectivity index (χ4n) is 2.39. The molecule has 1 fully saturated rings. The van der Waals surface area contributed by atoms with Crippen molar-refractivity contribution in [3.05, 3.63) is 27.7 Å². The molecule has 3 unspecified atom stereocenters. The highest BCUT2D eigenvalue weighted by Gasteiger charge is 2.27. The first-order valence-electron chi connectivity index (χ1n) is 7.07. The Hall–Kier alpha value is -0.780. The van der Waals surface area contributed by atoms with Crippen molar-refractivity contribution in [3.8, 4) is 5.75 Å². The van der Waals surface area contributed by atoms with Crippen LogP contribution in [-0.4, -0.2) is 29.3 Å². The highest BCUT2D eigenvalue weighted by Crippen LogP contribution is 2.28. The molecule has 0 saturated heterocycles. The highest BCUT2D eigenvalue weighted by atomic mass is 79.9. The van der Waals surface area contributed by atoms with Gasteiger partial charge < -0.3 is 15.2 Å². The van der Waals surface area contributed by atoms with Crippen LogP contribution in [0.2, 0.25) is 5.02 Å². The molecular formula is C15H19BrClNO3. The van der Waals surface area contributed by atoms with Gasteiger partial charge in [0, 0.05) is 5.02 Å². The van der Waals surface area contributed by atoms with Crippen LogP contribution < -0.4 is 10.1 Å². The molecular weight excluding hydrogens is 358 g/mol. The van der Waals surface area contributed by atoms with E-state index in [1.807, 2.05) is 0 Å². The van der Waals surface area contributed by atoms with Crippen LogP contribution in [0.15, 0.2) is 22.7 Å². The summed E-state index contributed by atoms with van der Waals surface area (Å²) in [6.07, 6.45) is 2.48. The third-order valence-electron chi connectivity index (χ3n) is 3.62. The number of nitrogens with one attached hydrogen (secondary N) is 1. The van der Waals surface area contributed by atoms with Crippen molar-refractivity contribution in [2.45, 2.75) is 50.9 Å². The first kappa shape index (κ1) is 16.6. The van der Waals surface area contributed by atoms with E-state index in [1.165, 1.54) is 0 Å². The van der Waals surface area contributed by atoms with Gasteiger partial charge in [0.15, 0.2) is 6.10 Å². The van der Waals surface area contributed by atoms with Gasteiger partial charge in [-0.1, -0.05) is 24.4 Å². The van der Waals surface area contributed by atoms with E-state index in [2.05, 4.69) is 21.2 Å². The average molecular weight is 377 g/mol. The Balaban J connectivity index is 1.92. The Labute approximate surface area is 138 Å². The largest absolute Gasteiger partial charge is 0.480 e. The van der Waals surface area contributed by atoms with Gasteiger partial charge in [-0.05, 0) is 53.9 Å². The van der Waals surface area contributed by atoms with E-state index in [-0.39, 0.29) is 11.9 Å². The lowest BCUT2D eigenvalue weighted by atomic mass is 9.92. The number of amides is 1. The van der Waals surface area contributed by atoms with Gasteiger partial charge in [-0.25, -0.2) is 0 Å². The van der Waals surface area contributed by atoms with Crippen LogP contribution >= 0.6 is 27.5 Å². The fourth-order valence-corrected chi connectivity index (χ4v) is 3.17. The Bertz CT molecular complexity index is 512. The van der Waals surface area contributed by atoms with E-state index >= 15 is 0 Å². The standard InChI is InChI=1S/C15H19BrClNO3/c1-9(21-14-7-6-10(17)8-11(14)16)15(20)18-12-4-2-3-5-13(12)19/h6-9,12-13,19H,2-5H2,1H3,(H,18,20). The molecule has 4 nitrogen and oxygen atoms in total. The van der Waals surface area contributed by atoms with Crippen molar-refractivity contribution in [1.82, 2.24) is 5.32 Å². The minimum absolute atomic E-state index is 0.175. The summed E-state index contributed by atoms with van der Waals surface area (Å²) in [5, 5.41) is 13.3. The van der Waals surface area contributed by atoms with Crippen LogP contribution in [0.25, 0.3) is 0 Å². The third-order valence-corrected chi connectivity index (χ3v) is 4.48. The van der Waals surface area contributed by atoms with Crippen molar-refractivity contribution in [2.75, 3.05) is 0 Å². The first-order valence-corrected chi connectivity index (χ1v) is 8.24. The molecule has 116 valence electrons. The van der Waals surface area contributed by atoms with Gasteiger partial charge in [0.25, 0.3) is 5.91 Å². The average Bonchev–Trinajstić information content (AvgIpc) is 2.44. The number of aliphatic hydroxyl groups is 1. The predicted octanol–water partition coefficient (Wildman–Crippen LogP) is 3.29. The SMILES string of the molecule is CC(Oc1ccc(Cl)cc1Br)C(=O)NC1CCCCC1O. The summed E-state index contributed by atoms with van der Waals surface area (Å²) in [4.78, 5) is 12.2. The number of hydrogen-bond donors (Lipinski definition) is 2. The molecule has 0 radical (unpaired) electrons. The summed E-state index contributed by atoms with van der Waals surface area (Å²) < 4.78 is 6.34. The summed E-state index contributed by atoms with van der Waals surface area (Å²) in [6, 6.07) is 4.96. The maximum Gasteiger partial charge on any atom is 0.261 e. The number of aliphatic hydroxyl groups excluding tert-OH is 1. The van der Waals surface area contributed by atoms with Crippen molar-refractivity contribution in [2.24, 2.45) is 0 Å². The second-order valence-corrected chi connectivity index (χ2v) is 6.59. The van der Waals surface area contributed by atoms with Crippen molar-refractivity contribution >= 4 is 33.4 Å². The molecule has 1 aromatic rings. The summed E-state index contributed by atoms with van der Waals surface area (Å²) in [7, 11) is 0. The number of carbonyl (C=O) groups is 1. The lowest BCUT2D eigenvalue weighted by Crippen LogP contribution is -2.49. The van der Waals surface area contributed by atoms with Crippen LogP contribution in [0, 0.1) is 0 Å². The fraction of sp³-hybridized carbons (Fsp3) is 0.533. The second kappa shape index (κ2) is 7.47. The molecule has 0 spiro atoms. The van der Waals surface area contributed by atoms with Gasteiger partial charge in [0.2, 0.25) is 0 Å². The van der Waals surface area contributed by atoms with Crippen LogP contribution in [0.4, 0.5) is 0 Å². The molecule has 0 aliphatic heterocycles. The van der Waals surface area contributed by atoms with E-state index in [0.29, 0.717) is 15.2 Å². The Morgan fingerprint density at radius 3 is 2.86 bits per heavy atom. The minimum atomic E-state index is -0.642. The number of rotatable bonds is 4. The molecule has 0 bridgehead atoms. The van der Waals surface area contributed by atoms with E-state index in [0.717, 1.165) is 25.7 Å². The summed E-state index contributed by atoms with van der Waals surface area (Å²) in [5.74, 6) is 0.342. The molecule has 21 heavy (non-hydrogen) atoms. The van der Waals surface area contributed by atoms with Gasteiger partial charge >= 0.3 is 0 Å². The quantitative estimate of drug-likeness (QED) is 0.848. The zero-order valence-electron chi connectivity index (χ0n) is 11.8. The van der Waals surface area contributed by atoms with Gasteiger partial charge in [0.05, 0.1) is 16.6 Å². The number of hydrogen-bond acceptors (Lipinski definition) is 3. The van der Waals surface area contributed by atoms with Crippen molar-refractivity contribution < 1.29 is 14.6 Å². The Morgan fingerprint density at radius 2 is 2.19 bits per heavy atom. The lowest BCUT2D eigenvalue weighted by Gasteiger charge is -2.29. The lowest BCUT2D eigenvalue weighted by molar-refractivity contribution is -0.129. The number of ether oxygens (including phenoxy) is 1. The normalized spacial score (nSPS) is 23.4. The summed E-state index contributed by atoms with van der Waals surface area (Å²) in [5.41, 5.74) is 0. The van der Waals surface area contributed by atoms with E-state index in [1.54, 1.807) is 25.1 Å². The Morgan fingerprint density at radius 1 is 1.48 bits per heavy atom. The van der Waals surface area contributed by atoms with E-state index in [4.69, 9.17) is 16.3 Å². The van der Waals surface area contributed by atoms with E-state index < -0.39 is 12.2 Å². The number of benzene rings is 1.